The third-order valence-corrected chi connectivity index (χ3v) is 5.70. The number of carbonyl (C=O) groups is 2. The number of benzene rings is 2. The highest BCUT2D eigenvalue weighted by Crippen LogP contribution is 2.53. The summed E-state index contributed by atoms with van der Waals surface area (Å²) < 4.78 is 8.01. The highest BCUT2D eigenvalue weighted by atomic mass is 16.5. The van der Waals surface area contributed by atoms with Crippen LogP contribution in [0.4, 0.5) is 0 Å². The lowest BCUT2D eigenvalue weighted by Crippen LogP contribution is -2.50. The first kappa shape index (κ1) is 16.9. The molecule has 0 N–H and O–H groups in total. The summed E-state index contributed by atoms with van der Waals surface area (Å²) in [7, 11) is 0. The summed E-state index contributed by atoms with van der Waals surface area (Å²) in [4.78, 5) is 27.2. The molecule has 0 radical (unpaired) electrons. The van der Waals surface area contributed by atoms with Gasteiger partial charge in [0, 0.05) is 17.5 Å². The van der Waals surface area contributed by atoms with Crippen LogP contribution < -0.4 is 4.74 Å². The number of fused-ring (bicyclic) bond motifs is 3. The van der Waals surface area contributed by atoms with Gasteiger partial charge in [-0.1, -0.05) is 42.5 Å². The minimum atomic E-state index is -1.28. The van der Waals surface area contributed by atoms with Gasteiger partial charge in [-0.2, -0.15) is 5.10 Å². The zero-order chi connectivity index (χ0) is 19.7. The van der Waals surface area contributed by atoms with Gasteiger partial charge in [-0.15, -0.1) is 0 Å². The molecule has 5 nitrogen and oxygen atoms in total. The summed E-state index contributed by atoms with van der Waals surface area (Å²) in [6.45, 7) is 5.67. The van der Waals surface area contributed by atoms with Crippen LogP contribution in [0.3, 0.4) is 0 Å². The Morgan fingerprint density at radius 3 is 2.11 bits per heavy atom. The largest absolute Gasteiger partial charge is 0.471 e. The summed E-state index contributed by atoms with van der Waals surface area (Å²) >= 11 is 0. The van der Waals surface area contributed by atoms with E-state index in [0.29, 0.717) is 34.7 Å². The summed E-state index contributed by atoms with van der Waals surface area (Å²) in [5.41, 5.74) is 1.07. The van der Waals surface area contributed by atoms with Crippen LogP contribution in [0.25, 0.3) is 5.69 Å². The van der Waals surface area contributed by atoms with Crippen LogP contribution in [0.5, 0.6) is 5.88 Å². The van der Waals surface area contributed by atoms with Crippen LogP contribution in [-0.4, -0.2) is 26.9 Å². The first-order valence-electron chi connectivity index (χ1n) is 9.38. The third kappa shape index (κ3) is 2.04. The van der Waals surface area contributed by atoms with Crippen molar-refractivity contribution in [2.24, 2.45) is 0 Å². The molecule has 0 unspecified atom stereocenters. The van der Waals surface area contributed by atoms with Gasteiger partial charge in [0.1, 0.15) is 11.0 Å². The molecular formula is C23H20N2O3. The van der Waals surface area contributed by atoms with Crippen molar-refractivity contribution < 1.29 is 14.3 Å². The number of nitrogens with zero attached hydrogens (tertiary/aromatic N) is 2. The minimum absolute atomic E-state index is 0.151. The Balaban J connectivity index is 1.82. The number of carbonyl (C=O) groups excluding carboxylic acids is 2. The molecule has 5 rings (SSSR count). The van der Waals surface area contributed by atoms with Gasteiger partial charge in [-0.3, -0.25) is 9.59 Å². The van der Waals surface area contributed by atoms with Crippen LogP contribution in [0.15, 0.2) is 54.6 Å². The van der Waals surface area contributed by atoms with Crippen LogP contribution >= 0.6 is 0 Å². The smallest absolute Gasteiger partial charge is 0.222 e. The average molecular weight is 372 g/mol. The second-order valence-corrected chi connectivity index (χ2v) is 8.16. The summed E-state index contributed by atoms with van der Waals surface area (Å²) in [5, 5.41) is 4.67. The third-order valence-electron chi connectivity index (χ3n) is 5.70. The average Bonchev–Trinajstić information content (AvgIpc) is 3.11. The van der Waals surface area contributed by atoms with E-state index in [0.717, 1.165) is 5.69 Å². The van der Waals surface area contributed by atoms with E-state index < -0.39 is 11.0 Å². The molecule has 1 aliphatic carbocycles. The van der Waals surface area contributed by atoms with Crippen LogP contribution in [0, 0.1) is 6.92 Å². The molecule has 1 aliphatic heterocycles. The Labute approximate surface area is 162 Å². The second-order valence-electron chi connectivity index (χ2n) is 8.16. The van der Waals surface area contributed by atoms with E-state index in [1.54, 1.807) is 28.9 Å². The van der Waals surface area contributed by atoms with Gasteiger partial charge in [-0.05, 0) is 32.9 Å². The molecule has 0 fully saturated rings. The van der Waals surface area contributed by atoms with Gasteiger partial charge in [0.2, 0.25) is 5.88 Å². The number of para-hydroxylation sites is 1. The van der Waals surface area contributed by atoms with Gasteiger partial charge in [-0.25, -0.2) is 4.68 Å². The summed E-state index contributed by atoms with van der Waals surface area (Å²) in [6.07, 6.45) is 0.292. The Bertz CT molecular complexity index is 1110. The lowest BCUT2D eigenvalue weighted by Gasteiger charge is -2.40. The van der Waals surface area contributed by atoms with Gasteiger partial charge in [0.05, 0.1) is 16.9 Å². The van der Waals surface area contributed by atoms with Gasteiger partial charge in [0.25, 0.3) is 0 Å². The number of ketones is 2. The molecule has 3 aromatic rings. The Kier molecular flexibility index (Phi) is 3.27. The standard InChI is InChI=1S/C23H20N2O3/c1-14-18-21(25(24-14)15-9-5-4-6-10-15)28-22(2,3)13-23(18)19(26)16-11-7-8-12-17(16)20(23)27/h4-12H,13H2,1-3H3. The number of aryl methyl sites for hydroxylation is 1. The maximum atomic E-state index is 13.6. The molecule has 0 bridgehead atoms. The molecule has 5 heteroatoms. The predicted octanol–water partition coefficient (Wildman–Crippen LogP) is 4.06. The van der Waals surface area contributed by atoms with E-state index in [1.165, 1.54) is 0 Å². The monoisotopic (exact) mass is 372 g/mol. The molecule has 28 heavy (non-hydrogen) atoms. The summed E-state index contributed by atoms with van der Waals surface area (Å²) in [5.74, 6) is 0.178. The molecular weight excluding hydrogens is 352 g/mol. The number of Topliss-reactive ketones (excluding diaryl/α,β-unsaturated/α-hetero) is 2. The minimum Gasteiger partial charge on any atom is -0.471 e. The van der Waals surface area contributed by atoms with Crippen molar-refractivity contribution in [1.29, 1.82) is 0 Å². The number of ether oxygens (including phenoxy) is 1. The van der Waals surface area contributed by atoms with Gasteiger partial charge in [0.15, 0.2) is 11.6 Å². The fourth-order valence-corrected chi connectivity index (χ4v) is 4.69. The maximum Gasteiger partial charge on any atom is 0.222 e. The van der Waals surface area contributed by atoms with Gasteiger partial charge < -0.3 is 4.74 Å². The molecule has 0 atom stereocenters. The lowest BCUT2D eigenvalue weighted by atomic mass is 9.68. The molecule has 140 valence electrons. The van der Waals surface area contributed by atoms with Gasteiger partial charge >= 0.3 is 0 Å². The predicted molar refractivity (Wildman–Crippen MR) is 104 cm³/mol. The highest BCUT2D eigenvalue weighted by molar-refractivity contribution is 6.33. The molecule has 0 saturated carbocycles. The van der Waals surface area contributed by atoms with E-state index >= 15 is 0 Å². The molecule has 0 amide bonds. The maximum absolute atomic E-state index is 13.6. The van der Waals surface area contributed by atoms with Crippen molar-refractivity contribution in [2.45, 2.75) is 38.2 Å². The SMILES string of the molecule is Cc1nn(-c2ccccc2)c2c1C1(CC(C)(C)O2)C(=O)c2ccccc2C1=O. The van der Waals surface area contributed by atoms with E-state index in [4.69, 9.17) is 4.74 Å². The van der Waals surface area contributed by atoms with Crippen LogP contribution in [0.2, 0.25) is 0 Å². The lowest BCUT2D eigenvalue weighted by molar-refractivity contribution is 0.0334. The number of rotatable bonds is 1. The van der Waals surface area contributed by atoms with Crippen molar-refractivity contribution in [2.75, 3.05) is 0 Å². The number of hydrogen-bond acceptors (Lipinski definition) is 4. The fourth-order valence-electron chi connectivity index (χ4n) is 4.69. The Hall–Kier alpha value is -3.21. The van der Waals surface area contributed by atoms with E-state index in [2.05, 4.69) is 5.10 Å². The van der Waals surface area contributed by atoms with Crippen molar-refractivity contribution in [3.8, 4) is 11.6 Å². The highest BCUT2D eigenvalue weighted by Gasteiger charge is 2.61. The normalized spacial score (nSPS) is 18.7. The van der Waals surface area contributed by atoms with E-state index in [9.17, 15) is 9.59 Å². The van der Waals surface area contributed by atoms with Crippen molar-refractivity contribution in [3.05, 3.63) is 77.0 Å². The quantitative estimate of drug-likeness (QED) is 0.605. The van der Waals surface area contributed by atoms with Crippen molar-refractivity contribution in [3.63, 3.8) is 0 Å². The van der Waals surface area contributed by atoms with E-state index in [1.807, 2.05) is 51.1 Å². The molecule has 0 saturated heterocycles. The first-order valence-corrected chi connectivity index (χ1v) is 9.38. The molecule has 2 aliphatic rings. The zero-order valence-electron chi connectivity index (χ0n) is 16.0. The number of hydrogen-bond donors (Lipinski definition) is 0. The number of aromatic nitrogens is 2. The Morgan fingerprint density at radius 1 is 0.929 bits per heavy atom. The second kappa shape index (κ2) is 5.41. The van der Waals surface area contributed by atoms with Crippen LogP contribution in [0.1, 0.15) is 52.2 Å². The molecule has 1 aromatic heterocycles. The van der Waals surface area contributed by atoms with Crippen molar-refractivity contribution in [1.82, 2.24) is 9.78 Å². The van der Waals surface area contributed by atoms with Crippen molar-refractivity contribution >= 4 is 11.6 Å². The molecule has 2 heterocycles. The topological polar surface area (TPSA) is 61.2 Å². The Morgan fingerprint density at radius 2 is 1.50 bits per heavy atom. The zero-order valence-corrected chi connectivity index (χ0v) is 16.0. The first-order chi connectivity index (χ1) is 13.3. The fraction of sp³-hybridized carbons (Fsp3) is 0.261. The molecule has 2 aromatic carbocycles. The summed E-state index contributed by atoms with van der Waals surface area (Å²) in [6, 6.07) is 16.7. The van der Waals surface area contributed by atoms with E-state index in [-0.39, 0.29) is 11.6 Å². The molecule has 1 spiro atoms. The van der Waals surface area contributed by atoms with Crippen LogP contribution in [-0.2, 0) is 5.41 Å².